The molecule has 0 aromatic heterocycles. The second kappa shape index (κ2) is 14.6. The van der Waals surface area contributed by atoms with E-state index in [0.29, 0.717) is 61.6 Å². The van der Waals surface area contributed by atoms with E-state index in [1.165, 1.54) is 6.08 Å². The first-order chi connectivity index (χ1) is 14.1. The number of ether oxygens (including phenoxy) is 5. The smallest absolute Gasteiger partial charge is 0.330 e. The average Bonchev–Trinajstić information content (AvgIpc) is 2.72. The van der Waals surface area contributed by atoms with Crippen molar-refractivity contribution in [2.24, 2.45) is 0 Å². The van der Waals surface area contributed by atoms with Gasteiger partial charge >= 0.3 is 5.97 Å². The Hall–Kier alpha value is -2.37. The highest BCUT2D eigenvalue weighted by molar-refractivity contribution is 5.88. The van der Waals surface area contributed by atoms with Crippen LogP contribution in [-0.2, 0) is 9.53 Å². The number of esters is 1. The average molecular weight is 409 g/mol. The van der Waals surface area contributed by atoms with Crippen LogP contribution in [0.1, 0.15) is 65.9 Å². The van der Waals surface area contributed by atoms with Gasteiger partial charge in [0.25, 0.3) is 0 Å². The first kappa shape index (κ1) is 24.7. The largest absolute Gasteiger partial charge is 0.490 e. The Morgan fingerprint density at radius 1 is 0.759 bits per heavy atom. The molecule has 0 aliphatic rings. The molecule has 0 aliphatic carbocycles. The van der Waals surface area contributed by atoms with Crippen LogP contribution in [0.4, 0.5) is 0 Å². The summed E-state index contributed by atoms with van der Waals surface area (Å²) >= 11 is 0. The van der Waals surface area contributed by atoms with Crippen LogP contribution >= 0.6 is 0 Å². The van der Waals surface area contributed by atoms with Crippen LogP contribution in [0, 0.1) is 0 Å². The summed E-state index contributed by atoms with van der Waals surface area (Å²) in [7, 11) is 0. The van der Waals surface area contributed by atoms with Gasteiger partial charge in [0.15, 0.2) is 11.5 Å². The predicted octanol–water partition coefficient (Wildman–Crippen LogP) is 5.42. The van der Waals surface area contributed by atoms with Crippen molar-refractivity contribution >= 4 is 12.0 Å². The van der Waals surface area contributed by atoms with Crippen molar-refractivity contribution in [3.8, 4) is 23.0 Å². The summed E-state index contributed by atoms with van der Waals surface area (Å²) in [6.07, 6.45) is 6.46. The van der Waals surface area contributed by atoms with Crippen LogP contribution in [0.25, 0.3) is 6.08 Å². The monoisotopic (exact) mass is 408 g/mol. The zero-order chi connectivity index (χ0) is 21.5. The van der Waals surface area contributed by atoms with Gasteiger partial charge in [-0.15, -0.1) is 0 Å². The summed E-state index contributed by atoms with van der Waals surface area (Å²) in [5.74, 6) is 1.79. The van der Waals surface area contributed by atoms with Gasteiger partial charge < -0.3 is 23.7 Å². The minimum atomic E-state index is -0.410. The van der Waals surface area contributed by atoms with Crippen LogP contribution < -0.4 is 18.9 Å². The van der Waals surface area contributed by atoms with Gasteiger partial charge in [-0.05, 0) is 44.7 Å². The van der Waals surface area contributed by atoms with E-state index in [0.717, 1.165) is 25.7 Å². The molecule has 1 aromatic carbocycles. The second-order valence-corrected chi connectivity index (χ2v) is 6.43. The van der Waals surface area contributed by atoms with Gasteiger partial charge in [-0.1, -0.05) is 27.7 Å². The Morgan fingerprint density at radius 3 is 1.83 bits per heavy atom. The molecule has 0 N–H and O–H groups in total. The molecular formula is C23H36O6. The SMILES string of the molecule is CCCOc1cc(C=CC(=O)OCC)c(OCCC)c(OCCC)c1OCCC. The lowest BCUT2D eigenvalue weighted by molar-refractivity contribution is -0.137. The van der Waals surface area contributed by atoms with Gasteiger partial charge in [0.2, 0.25) is 11.5 Å². The van der Waals surface area contributed by atoms with E-state index < -0.39 is 5.97 Å². The number of hydrogen-bond donors (Lipinski definition) is 0. The highest BCUT2D eigenvalue weighted by atomic mass is 16.6. The molecule has 0 spiro atoms. The summed E-state index contributed by atoms with van der Waals surface area (Å²) < 4.78 is 29.0. The Labute approximate surface area is 175 Å². The highest BCUT2D eigenvalue weighted by Crippen LogP contribution is 2.48. The van der Waals surface area contributed by atoms with Crippen molar-refractivity contribution in [2.45, 2.75) is 60.3 Å². The van der Waals surface area contributed by atoms with Crippen LogP contribution in [0.5, 0.6) is 23.0 Å². The summed E-state index contributed by atoms with van der Waals surface area (Å²) in [5.41, 5.74) is 0.688. The molecular weight excluding hydrogens is 372 g/mol. The van der Waals surface area contributed by atoms with E-state index in [4.69, 9.17) is 23.7 Å². The molecule has 0 saturated carbocycles. The first-order valence-corrected chi connectivity index (χ1v) is 10.7. The lowest BCUT2D eigenvalue weighted by Crippen LogP contribution is -2.09. The molecule has 0 heterocycles. The molecule has 0 saturated heterocycles. The van der Waals surface area contributed by atoms with Crippen LogP contribution in [0.15, 0.2) is 12.1 Å². The molecule has 29 heavy (non-hydrogen) atoms. The number of benzene rings is 1. The third-order valence-electron chi connectivity index (χ3n) is 3.68. The maximum atomic E-state index is 11.8. The fourth-order valence-electron chi connectivity index (χ4n) is 2.44. The molecule has 0 radical (unpaired) electrons. The molecule has 164 valence electrons. The van der Waals surface area contributed by atoms with Crippen molar-refractivity contribution in [3.05, 3.63) is 17.7 Å². The lowest BCUT2D eigenvalue weighted by Gasteiger charge is -2.21. The fraction of sp³-hybridized carbons (Fsp3) is 0.609. The number of hydrogen-bond acceptors (Lipinski definition) is 6. The molecule has 0 fully saturated rings. The van der Waals surface area contributed by atoms with Crippen molar-refractivity contribution in [3.63, 3.8) is 0 Å². The Bertz CT molecular complexity index is 639. The predicted molar refractivity (Wildman–Crippen MR) is 115 cm³/mol. The maximum absolute atomic E-state index is 11.8. The molecule has 0 aliphatic heterocycles. The van der Waals surface area contributed by atoms with E-state index in [-0.39, 0.29) is 0 Å². The van der Waals surface area contributed by atoms with Crippen molar-refractivity contribution in [1.29, 1.82) is 0 Å². The molecule has 6 nitrogen and oxygen atoms in total. The third kappa shape index (κ3) is 8.26. The molecule has 1 aromatic rings. The standard InChI is InChI=1S/C23H36O6/c1-6-13-26-19-17-18(11-12-20(24)25-10-5)21(27-14-7-2)23(29-16-9-4)22(19)28-15-8-3/h11-12,17H,6-10,13-16H2,1-5H3. The van der Waals surface area contributed by atoms with E-state index in [2.05, 4.69) is 0 Å². The van der Waals surface area contributed by atoms with E-state index in [1.807, 2.05) is 33.8 Å². The maximum Gasteiger partial charge on any atom is 0.330 e. The minimum Gasteiger partial charge on any atom is -0.490 e. The molecule has 0 atom stereocenters. The number of carbonyl (C=O) groups excluding carboxylic acids is 1. The number of carbonyl (C=O) groups is 1. The summed E-state index contributed by atoms with van der Waals surface area (Å²) in [4.78, 5) is 11.8. The van der Waals surface area contributed by atoms with Crippen molar-refractivity contribution in [2.75, 3.05) is 33.0 Å². The lowest BCUT2D eigenvalue weighted by atomic mass is 10.1. The van der Waals surface area contributed by atoms with Crippen LogP contribution in [0.3, 0.4) is 0 Å². The van der Waals surface area contributed by atoms with Crippen molar-refractivity contribution < 1.29 is 28.5 Å². The van der Waals surface area contributed by atoms with Gasteiger partial charge in [-0.25, -0.2) is 4.79 Å². The molecule has 0 bridgehead atoms. The third-order valence-corrected chi connectivity index (χ3v) is 3.68. The normalized spacial score (nSPS) is 10.8. The van der Waals surface area contributed by atoms with E-state index in [1.54, 1.807) is 13.0 Å². The van der Waals surface area contributed by atoms with Gasteiger partial charge in [0, 0.05) is 11.6 Å². The summed E-state index contributed by atoms with van der Waals surface area (Å²) in [6.45, 7) is 12.4. The summed E-state index contributed by atoms with van der Waals surface area (Å²) in [6, 6.07) is 1.83. The second-order valence-electron chi connectivity index (χ2n) is 6.43. The first-order valence-electron chi connectivity index (χ1n) is 10.7. The summed E-state index contributed by atoms with van der Waals surface area (Å²) in [5, 5.41) is 0. The molecule has 0 unspecified atom stereocenters. The van der Waals surface area contributed by atoms with Gasteiger partial charge in [0.1, 0.15) is 0 Å². The fourth-order valence-corrected chi connectivity index (χ4v) is 2.44. The highest BCUT2D eigenvalue weighted by Gasteiger charge is 2.23. The minimum absolute atomic E-state index is 0.321. The Morgan fingerprint density at radius 2 is 1.28 bits per heavy atom. The Kier molecular flexibility index (Phi) is 12.4. The zero-order valence-electron chi connectivity index (χ0n) is 18.5. The molecule has 1 rings (SSSR count). The van der Waals surface area contributed by atoms with E-state index >= 15 is 0 Å². The quantitative estimate of drug-likeness (QED) is 0.285. The van der Waals surface area contributed by atoms with Gasteiger partial charge in [0.05, 0.1) is 33.0 Å². The molecule has 6 heteroatoms. The molecule has 0 amide bonds. The van der Waals surface area contributed by atoms with Crippen molar-refractivity contribution in [1.82, 2.24) is 0 Å². The van der Waals surface area contributed by atoms with E-state index in [9.17, 15) is 4.79 Å². The Balaban J connectivity index is 3.52. The van der Waals surface area contributed by atoms with Gasteiger partial charge in [-0.3, -0.25) is 0 Å². The van der Waals surface area contributed by atoms with Crippen LogP contribution in [-0.4, -0.2) is 39.0 Å². The van der Waals surface area contributed by atoms with Gasteiger partial charge in [-0.2, -0.15) is 0 Å². The number of rotatable bonds is 15. The zero-order valence-corrected chi connectivity index (χ0v) is 18.5. The van der Waals surface area contributed by atoms with Crippen LogP contribution in [0.2, 0.25) is 0 Å². The topological polar surface area (TPSA) is 63.2 Å².